The van der Waals surface area contributed by atoms with E-state index in [1.165, 1.54) is 0 Å². The van der Waals surface area contributed by atoms with Gasteiger partial charge >= 0.3 is 0 Å². The van der Waals surface area contributed by atoms with E-state index in [1.54, 1.807) is 11.3 Å². The van der Waals surface area contributed by atoms with Crippen molar-refractivity contribution in [2.24, 2.45) is 0 Å². The molecule has 0 fully saturated rings. The fourth-order valence-electron chi connectivity index (χ4n) is 1.61. The molecule has 2 aromatic rings. The third-order valence-electron chi connectivity index (χ3n) is 2.90. The van der Waals surface area contributed by atoms with Crippen LogP contribution in [0, 0.1) is 6.92 Å². The summed E-state index contributed by atoms with van der Waals surface area (Å²) in [7, 11) is 1.87. The van der Waals surface area contributed by atoms with Crippen molar-refractivity contribution >= 4 is 42.1 Å². The number of hydrogen-bond acceptors (Lipinski definition) is 4. The van der Waals surface area contributed by atoms with Gasteiger partial charge in [-0.05, 0) is 27.0 Å². The summed E-state index contributed by atoms with van der Waals surface area (Å²) in [5.41, 5.74) is 2.40. The molecule has 0 saturated heterocycles. The molecule has 0 aromatic carbocycles. The van der Waals surface area contributed by atoms with E-state index in [4.69, 9.17) is 0 Å². The van der Waals surface area contributed by atoms with E-state index in [9.17, 15) is 4.79 Å². The Morgan fingerprint density at radius 2 is 2.19 bits per heavy atom. The summed E-state index contributed by atoms with van der Waals surface area (Å²) in [6.45, 7) is 4.57. The second-order valence-corrected chi connectivity index (χ2v) is 5.52. The number of carbonyl (C=O) groups is 1. The highest BCUT2D eigenvalue weighted by molar-refractivity contribution is 7.09. The van der Waals surface area contributed by atoms with E-state index in [2.05, 4.69) is 20.6 Å². The van der Waals surface area contributed by atoms with Crippen molar-refractivity contribution in [3.05, 3.63) is 28.3 Å². The Hall–Kier alpha value is -1.08. The van der Waals surface area contributed by atoms with Crippen LogP contribution in [0.15, 0.2) is 17.6 Å². The van der Waals surface area contributed by atoms with Crippen LogP contribution in [-0.2, 0) is 0 Å². The number of H-pyrrole nitrogens is 1. The topological polar surface area (TPSA) is 69.8 Å². The van der Waals surface area contributed by atoms with Gasteiger partial charge in [0.05, 0.1) is 10.7 Å². The first-order valence-electron chi connectivity index (χ1n) is 6.16. The monoisotopic (exact) mass is 350 g/mol. The summed E-state index contributed by atoms with van der Waals surface area (Å²) in [5, 5.41) is 8.95. The van der Waals surface area contributed by atoms with Crippen LogP contribution in [-0.4, -0.2) is 35.5 Å². The summed E-state index contributed by atoms with van der Waals surface area (Å²) in [6.07, 6.45) is 1.81. The molecule has 3 N–H and O–H groups in total. The Morgan fingerprint density at radius 1 is 1.48 bits per heavy atom. The number of aromatic nitrogens is 2. The lowest BCUT2D eigenvalue weighted by Crippen LogP contribution is -2.37. The molecule has 2 rings (SSSR count). The zero-order valence-electron chi connectivity index (χ0n) is 12.1. The second-order valence-electron chi connectivity index (χ2n) is 4.45. The van der Waals surface area contributed by atoms with Crippen molar-refractivity contribution in [1.82, 2.24) is 20.6 Å². The van der Waals surface area contributed by atoms with Crippen molar-refractivity contribution in [2.45, 2.75) is 19.9 Å². The van der Waals surface area contributed by atoms with E-state index in [-0.39, 0.29) is 36.8 Å². The molecule has 2 heterocycles. The second kappa shape index (κ2) is 9.04. The summed E-state index contributed by atoms with van der Waals surface area (Å²) in [5.74, 6) is -0.0969. The molecule has 21 heavy (non-hydrogen) atoms. The molecule has 1 unspecified atom stereocenters. The predicted octanol–water partition coefficient (Wildman–Crippen LogP) is 2.63. The molecule has 2 aromatic heterocycles. The maximum Gasteiger partial charge on any atom is 0.267 e. The number of nitrogens with zero attached hydrogens (tertiary/aromatic N) is 1. The number of halogens is 2. The molecular formula is C13H20Cl2N4OS. The van der Waals surface area contributed by atoms with Crippen molar-refractivity contribution in [1.29, 1.82) is 0 Å². The van der Waals surface area contributed by atoms with Crippen LogP contribution in [0.1, 0.15) is 22.4 Å². The van der Waals surface area contributed by atoms with E-state index < -0.39 is 0 Å². The molecule has 0 saturated carbocycles. The minimum Gasteiger partial charge on any atom is -0.357 e. The third-order valence-corrected chi connectivity index (χ3v) is 3.68. The van der Waals surface area contributed by atoms with Gasteiger partial charge < -0.3 is 15.6 Å². The van der Waals surface area contributed by atoms with Crippen molar-refractivity contribution in [2.75, 3.05) is 13.6 Å². The molecular weight excluding hydrogens is 331 g/mol. The van der Waals surface area contributed by atoms with Crippen LogP contribution in [0.3, 0.4) is 0 Å². The number of hydrogen-bond donors (Lipinski definition) is 3. The standard InChI is InChI=1S/C13H18N4OS.2ClH/c1-8(14-3)5-16-13(18)11-4-10(6-15-11)12-7-19-9(2)17-12;;/h4,6-8,14-15H,5H2,1-3H3,(H,16,18);2*1H. The van der Waals surface area contributed by atoms with Crippen LogP contribution in [0.25, 0.3) is 11.3 Å². The molecule has 0 aliphatic heterocycles. The minimum absolute atomic E-state index is 0. The van der Waals surface area contributed by atoms with Gasteiger partial charge in [0.25, 0.3) is 5.91 Å². The largest absolute Gasteiger partial charge is 0.357 e. The SMILES string of the molecule is CNC(C)CNC(=O)c1cc(-c2csc(C)n2)c[nH]1.Cl.Cl. The Balaban J connectivity index is 0.00000200. The fourth-order valence-corrected chi connectivity index (χ4v) is 2.23. The van der Waals surface area contributed by atoms with Gasteiger partial charge in [0.1, 0.15) is 5.69 Å². The van der Waals surface area contributed by atoms with Crippen molar-refractivity contribution in [3.8, 4) is 11.3 Å². The molecule has 0 aliphatic rings. The predicted molar refractivity (Wildman–Crippen MR) is 92.0 cm³/mol. The van der Waals surface area contributed by atoms with Crippen LogP contribution in [0.4, 0.5) is 0 Å². The smallest absolute Gasteiger partial charge is 0.267 e. The minimum atomic E-state index is -0.0969. The summed E-state index contributed by atoms with van der Waals surface area (Å²) in [4.78, 5) is 19.3. The van der Waals surface area contributed by atoms with Gasteiger partial charge in [0.15, 0.2) is 0 Å². The third kappa shape index (κ3) is 5.32. The van der Waals surface area contributed by atoms with Crippen LogP contribution in [0.5, 0.6) is 0 Å². The highest BCUT2D eigenvalue weighted by atomic mass is 35.5. The average Bonchev–Trinajstić information content (AvgIpc) is 3.03. The summed E-state index contributed by atoms with van der Waals surface area (Å²) < 4.78 is 0. The molecule has 118 valence electrons. The first-order chi connectivity index (χ1) is 9.10. The molecule has 8 heteroatoms. The van der Waals surface area contributed by atoms with Gasteiger partial charge in [0.2, 0.25) is 0 Å². The van der Waals surface area contributed by atoms with E-state index in [0.29, 0.717) is 12.2 Å². The number of nitrogens with one attached hydrogen (secondary N) is 3. The number of carbonyl (C=O) groups excluding carboxylic acids is 1. The number of thiazole rings is 1. The normalized spacial score (nSPS) is 11.2. The van der Waals surface area contributed by atoms with Gasteiger partial charge in [-0.2, -0.15) is 0 Å². The maximum absolute atomic E-state index is 11.9. The highest BCUT2D eigenvalue weighted by Gasteiger charge is 2.11. The molecule has 0 spiro atoms. The molecule has 0 aliphatic carbocycles. The van der Waals surface area contributed by atoms with E-state index >= 15 is 0 Å². The van der Waals surface area contributed by atoms with Crippen LogP contribution >= 0.6 is 36.2 Å². The first kappa shape index (κ1) is 19.9. The molecule has 1 amide bonds. The van der Waals surface area contributed by atoms with E-state index in [1.807, 2.05) is 38.5 Å². The number of aryl methyl sites for hydroxylation is 1. The Morgan fingerprint density at radius 3 is 2.76 bits per heavy atom. The van der Waals surface area contributed by atoms with Crippen molar-refractivity contribution < 1.29 is 4.79 Å². The number of likely N-dealkylation sites (N-methyl/N-ethyl adjacent to an activating group) is 1. The highest BCUT2D eigenvalue weighted by Crippen LogP contribution is 2.22. The molecule has 0 bridgehead atoms. The summed E-state index contributed by atoms with van der Waals surface area (Å²) in [6, 6.07) is 2.08. The zero-order valence-corrected chi connectivity index (χ0v) is 14.5. The Kier molecular flexibility index (Phi) is 8.58. The van der Waals surface area contributed by atoms with Gasteiger partial charge in [-0.25, -0.2) is 4.98 Å². The average molecular weight is 351 g/mol. The number of rotatable bonds is 5. The van der Waals surface area contributed by atoms with Gasteiger partial charge in [0, 0.05) is 29.7 Å². The lowest BCUT2D eigenvalue weighted by atomic mass is 10.2. The van der Waals surface area contributed by atoms with Gasteiger partial charge in [-0.1, -0.05) is 0 Å². The Labute approximate surface area is 140 Å². The van der Waals surface area contributed by atoms with Crippen LogP contribution < -0.4 is 10.6 Å². The van der Waals surface area contributed by atoms with Crippen molar-refractivity contribution in [3.63, 3.8) is 0 Å². The van der Waals surface area contributed by atoms with Crippen LogP contribution in [0.2, 0.25) is 0 Å². The lowest BCUT2D eigenvalue weighted by Gasteiger charge is -2.10. The first-order valence-corrected chi connectivity index (χ1v) is 7.04. The lowest BCUT2D eigenvalue weighted by molar-refractivity contribution is 0.0946. The van der Waals surface area contributed by atoms with Gasteiger partial charge in [-0.15, -0.1) is 36.2 Å². The quantitative estimate of drug-likeness (QED) is 0.776. The zero-order chi connectivity index (χ0) is 13.8. The molecule has 5 nitrogen and oxygen atoms in total. The molecule has 1 atom stereocenters. The van der Waals surface area contributed by atoms with E-state index in [0.717, 1.165) is 16.3 Å². The maximum atomic E-state index is 11.9. The molecule has 0 radical (unpaired) electrons. The summed E-state index contributed by atoms with van der Waals surface area (Å²) >= 11 is 1.60. The number of amides is 1. The number of aromatic amines is 1. The fraction of sp³-hybridized carbons (Fsp3) is 0.385. The van der Waals surface area contributed by atoms with Gasteiger partial charge in [-0.3, -0.25) is 4.79 Å². The Bertz CT molecular complexity index is 570.